The van der Waals surface area contributed by atoms with E-state index in [0.717, 1.165) is 12.1 Å². The molecule has 0 aliphatic rings. The number of halogens is 2. The van der Waals surface area contributed by atoms with Crippen LogP contribution in [0.1, 0.15) is 21.5 Å². The molecule has 1 amide bonds. The fourth-order valence-electron chi connectivity index (χ4n) is 1.68. The molecule has 0 spiro atoms. The van der Waals surface area contributed by atoms with Crippen molar-refractivity contribution >= 4 is 5.91 Å². The van der Waals surface area contributed by atoms with E-state index in [9.17, 15) is 18.7 Å². The molecule has 0 radical (unpaired) electrons. The van der Waals surface area contributed by atoms with Gasteiger partial charge in [-0.2, -0.15) is 0 Å². The third-order valence-electron chi connectivity index (χ3n) is 2.91. The van der Waals surface area contributed by atoms with Crippen molar-refractivity contribution in [3.05, 3.63) is 64.7 Å². The number of carbonyl (C=O) groups excluding carboxylic acids is 1. The predicted molar refractivity (Wildman–Crippen MR) is 70.4 cm³/mol. The predicted octanol–water partition coefficient (Wildman–Crippen LogP) is 2.91. The monoisotopic (exact) mass is 277 g/mol. The summed E-state index contributed by atoms with van der Waals surface area (Å²) < 4.78 is 25.8. The van der Waals surface area contributed by atoms with Crippen LogP contribution in [-0.4, -0.2) is 11.0 Å². The molecular formula is C15H13F2NO2. The Bertz CT molecular complexity index is 656. The maximum Gasteiger partial charge on any atom is 0.251 e. The highest BCUT2D eigenvalue weighted by molar-refractivity contribution is 5.94. The lowest BCUT2D eigenvalue weighted by Gasteiger charge is -2.07. The van der Waals surface area contributed by atoms with E-state index in [-0.39, 0.29) is 12.3 Å². The Hall–Kier alpha value is -2.43. The van der Waals surface area contributed by atoms with Gasteiger partial charge in [0.25, 0.3) is 5.91 Å². The average Bonchev–Trinajstić information content (AvgIpc) is 2.43. The summed E-state index contributed by atoms with van der Waals surface area (Å²) in [7, 11) is 0. The second kappa shape index (κ2) is 5.69. The fourth-order valence-corrected chi connectivity index (χ4v) is 1.68. The molecular weight excluding hydrogens is 264 g/mol. The highest BCUT2D eigenvalue weighted by atomic mass is 19.2. The molecule has 0 fully saturated rings. The second-order valence-electron chi connectivity index (χ2n) is 4.43. The zero-order valence-electron chi connectivity index (χ0n) is 10.8. The van der Waals surface area contributed by atoms with E-state index in [1.54, 1.807) is 19.1 Å². The summed E-state index contributed by atoms with van der Waals surface area (Å²) in [4.78, 5) is 11.8. The molecule has 0 aromatic heterocycles. The molecule has 0 saturated carbocycles. The minimum Gasteiger partial charge on any atom is -0.508 e. The van der Waals surface area contributed by atoms with Crippen LogP contribution in [0.3, 0.4) is 0 Å². The van der Waals surface area contributed by atoms with E-state index in [1.165, 1.54) is 12.1 Å². The zero-order valence-corrected chi connectivity index (χ0v) is 10.8. The van der Waals surface area contributed by atoms with Crippen LogP contribution in [0.5, 0.6) is 5.75 Å². The Kier molecular flexibility index (Phi) is 3.98. The van der Waals surface area contributed by atoms with Gasteiger partial charge in [-0.15, -0.1) is 0 Å². The number of hydrogen-bond donors (Lipinski definition) is 2. The first kappa shape index (κ1) is 14.0. The first-order valence-corrected chi connectivity index (χ1v) is 5.99. The number of aromatic hydroxyl groups is 1. The number of amides is 1. The maximum atomic E-state index is 13.0. The molecule has 0 bridgehead atoms. The largest absolute Gasteiger partial charge is 0.508 e. The van der Waals surface area contributed by atoms with Crippen molar-refractivity contribution in [2.24, 2.45) is 0 Å². The lowest BCUT2D eigenvalue weighted by molar-refractivity contribution is 0.0950. The summed E-state index contributed by atoms with van der Waals surface area (Å²) in [6.45, 7) is 1.79. The van der Waals surface area contributed by atoms with Gasteiger partial charge < -0.3 is 10.4 Å². The minimum absolute atomic E-state index is 0.0328. The third-order valence-corrected chi connectivity index (χ3v) is 2.91. The third kappa shape index (κ3) is 3.12. The highest BCUT2D eigenvalue weighted by Gasteiger charge is 2.08. The average molecular weight is 277 g/mol. The van der Waals surface area contributed by atoms with E-state index in [2.05, 4.69) is 5.32 Å². The standard InChI is InChI=1S/C15H13F2NO2/c1-9-2-4-11(7-14(9)19)15(20)18-8-10-3-5-12(16)13(17)6-10/h2-7,19H,8H2,1H3,(H,18,20). The molecule has 0 atom stereocenters. The normalized spacial score (nSPS) is 10.3. The molecule has 0 aliphatic carbocycles. The van der Waals surface area contributed by atoms with Crippen molar-refractivity contribution in [2.75, 3.05) is 0 Å². The van der Waals surface area contributed by atoms with Crippen LogP contribution >= 0.6 is 0 Å². The number of phenolic OH excluding ortho intramolecular Hbond substituents is 1. The SMILES string of the molecule is Cc1ccc(C(=O)NCc2ccc(F)c(F)c2)cc1O. The van der Waals surface area contributed by atoms with Crippen LogP contribution < -0.4 is 5.32 Å². The highest BCUT2D eigenvalue weighted by Crippen LogP contribution is 2.17. The molecule has 0 saturated heterocycles. The second-order valence-corrected chi connectivity index (χ2v) is 4.43. The molecule has 2 aromatic rings. The lowest BCUT2D eigenvalue weighted by atomic mass is 10.1. The van der Waals surface area contributed by atoms with Crippen LogP contribution in [0.2, 0.25) is 0 Å². The molecule has 3 nitrogen and oxygen atoms in total. The summed E-state index contributed by atoms with van der Waals surface area (Å²) in [6.07, 6.45) is 0. The van der Waals surface area contributed by atoms with Gasteiger partial charge in [0, 0.05) is 12.1 Å². The van der Waals surface area contributed by atoms with Crippen molar-refractivity contribution in [3.63, 3.8) is 0 Å². The zero-order chi connectivity index (χ0) is 14.7. The molecule has 104 valence electrons. The summed E-state index contributed by atoms with van der Waals surface area (Å²) in [5.41, 5.74) is 1.42. The minimum atomic E-state index is -0.954. The Labute approximate surface area is 114 Å². The molecule has 0 aliphatic heterocycles. The smallest absolute Gasteiger partial charge is 0.251 e. The van der Waals surface area contributed by atoms with Crippen molar-refractivity contribution in [1.82, 2.24) is 5.32 Å². The molecule has 20 heavy (non-hydrogen) atoms. The molecule has 0 unspecified atom stereocenters. The van der Waals surface area contributed by atoms with E-state index < -0.39 is 17.5 Å². The maximum absolute atomic E-state index is 13.0. The van der Waals surface area contributed by atoms with Crippen molar-refractivity contribution in [3.8, 4) is 5.75 Å². The van der Waals surface area contributed by atoms with Crippen molar-refractivity contribution < 1.29 is 18.7 Å². The van der Waals surface area contributed by atoms with E-state index in [0.29, 0.717) is 16.7 Å². The number of benzene rings is 2. The molecule has 2 N–H and O–H groups in total. The topological polar surface area (TPSA) is 49.3 Å². The fraction of sp³-hybridized carbons (Fsp3) is 0.133. The van der Waals surface area contributed by atoms with Gasteiger partial charge in [-0.05, 0) is 42.3 Å². The van der Waals surface area contributed by atoms with Gasteiger partial charge >= 0.3 is 0 Å². The van der Waals surface area contributed by atoms with Gasteiger partial charge in [-0.1, -0.05) is 12.1 Å². The Morgan fingerprint density at radius 3 is 2.55 bits per heavy atom. The molecule has 2 rings (SSSR count). The Balaban J connectivity index is 2.04. The van der Waals surface area contributed by atoms with Gasteiger partial charge in [0.05, 0.1) is 0 Å². The van der Waals surface area contributed by atoms with Crippen LogP contribution in [0, 0.1) is 18.6 Å². The van der Waals surface area contributed by atoms with Gasteiger partial charge in [-0.25, -0.2) is 8.78 Å². The number of phenols is 1. The summed E-state index contributed by atoms with van der Waals surface area (Å²) >= 11 is 0. The summed E-state index contributed by atoms with van der Waals surface area (Å²) in [5.74, 6) is -2.25. The van der Waals surface area contributed by atoms with Crippen molar-refractivity contribution in [1.29, 1.82) is 0 Å². The van der Waals surface area contributed by atoms with Gasteiger partial charge in [0.1, 0.15) is 5.75 Å². The Morgan fingerprint density at radius 2 is 1.90 bits per heavy atom. The lowest BCUT2D eigenvalue weighted by Crippen LogP contribution is -2.22. The number of aryl methyl sites for hydroxylation is 1. The number of carbonyl (C=O) groups is 1. The summed E-state index contributed by atoms with van der Waals surface area (Å²) in [6, 6.07) is 8.00. The van der Waals surface area contributed by atoms with E-state index >= 15 is 0 Å². The number of nitrogens with one attached hydrogen (secondary N) is 1. The first-order chi connectivity index (χ1) is 9.47. The molecule has 2 aromatic carbocycles. The number of rotatable bonds is 3. The van der Waals surface area contributed by atoms with Crippen LogP contribution in [0.4, 0.5) is 8.78 Å². The van der Waals surface area contributed by atoms with Crippen LogP contribution in [0.25, 0.3) is 0 Å². The first-order valence-electron chi connectivity index (χ1n) is 5.99. The van der Waals surface area contributed by atoms with Crippen LogP contribution in [0.15, 0.2) is 36.4 Å². The molecule has 5 heteroatoms. The number of hydrogen-bond acceptors (Lipinski definition) is 2. The Morgan fingerprint density at radius 1 is 1.15 bits per heavy atom. The molecule has 0 heterocycles. The van der Waals surface area contributed by atoms with E-state index in [4.69, 9.17) is 0 Å². The van der Waals surface area contributed by atoms with Gasteiger partial charge in [0.2, 0.25) is 0 Å². The van der Waals surface area contributed by atoms with Gasteiger partial charge in [-0.3, -0.25) is 4.79 Å². The van der Waals surface area contributed by atoms with Crippen LogP contribution in [-0.2, 0) is 6.54 Å². The van der Waals surface area contributed by atoms with E-state index in [1.807, 2.05) is 0 Å². The van der Waals surface area contributed by atoms with Crippen molar-refractivity contribution in [2.45, 2.75) is 13.5 Å². The van der Waals surface area contributed by atoms with Gasteiger partial charge in [0.15, 0.2) is 11.6 Å². The quantitative estimate of drug-likeness (QED) is 0.906. The summed E-state index contributed by atoms with van der Waals surface area (Å²) in [5, 5.41) is 12.1.